The molecule has 0 bridgehead atoms. The topological polar surface area (TPSA) is 36.9 Å². The van der Waals surface area contributed by atoms with Gasteiger partial charge in [-0.1, -0.05) is 0 Å². The number of fused-ring (bicyclic) bond motifs is 1. The lowest BCUT2D eigenvalue weighted by Crippen LogP contribution is -1.93. The Kier molecular flexibility index (Phi) is 3.46. The van der Waals surface area contributed by atoms with Crippen molar-refractivity contribution in [1.82, 2.24) is 0 Å². The molecule has 2 aromatic rings. The second kappa shape index (κ2) is 5.04. The second-order valence-electron chi connectivity index (χ2n) is 3.66. The van der Waals surface area contributed by atoms with Gasteiger partial charge in [0.1, 0.15) is 23.0 Å². The first-order valence-electron chi connectivity index (χ1n) is 5.43. The maximum atomic E-state index is 5.36. The van der Waals surface area contributed by atoms with E-state index >= 15 is 0 Å². The van der Waals surface area contributed by atoms with Gasteiger partial charge >= 0.3 is 0 Å². The molecule has 2 aromatic carbocycles. The van der Waals surface area contributed by atoms with Crippen LogP contribution in [0.3, 0.4) is 0 Å². The summed E-state index contributed by atoms with van der Waals surface area (Å²) in [6, 6.07) is 8.59. The van der Waals surface area contributed by atoms with Gasteiger partial charge in [-0.15, -0.1) is 0 Å². The molecule has 2 rings (SSSR count). The lowest BCUT2D eigenvalue weighted by molar-refractivity contribution is 0.390. The minimum atomic E-state index is 0.599. The third-order valence-electron chi connectivity index (χ3n) is 2.75. The number of methoxy groups -OCH3 is 4. The lowest BCUT2D eigenvalue weighted by Gasteiger charge is -2.12. The van der Waals surface area contributed by atoms with Gasteiger partial charge in [-0.2, -0.15) is 0 Å². The fourth-order valence-electron chi connectivity index (χ4n) is 1.84. The van der Waals surface area contributed by atoms with Gasteiger partial charge < -0.3 is 18.9 Å². The van der Waals surface area contributed by atoms with Crippen LogP contribution in [0.4, 0.5) is 0 Å². The molecule has 4 nitrogen and oxygen atoms in total. The molecule has 1 radical (unpaired) electrons. The van der Waals surface area contributed by atoms with Crippen LogP contribution in [0.5, 0.6) is 23.0 Å². The van der Waals surface area contributed by atoms with Crippen molar-refractivity contribution in [2.45, 2.75) is 0 Å². The van der Waals surface area contributed by atoms with Gasteiger partial charge in [0.15, 0.2) is 0 Å². The largest absolute Gasteiger partial charge is 0.497 e. The number of rotatable bonds is 4. The maximum absolute atomic E-state index is 5.36. The van der Waals surface area contributed by atoms with Crippen molar-refractivity contribution in [3.63, 3.8) is 0 Å². The summed E-state index contributed by atoms with van der Waals surface area (Å²) in [7, 11) is 6.41. The summed E-state index contributed by atoms with van der Waals surface area (Å²) in [6.45, 7) is 0. The third-order valence-corrected chi connectivity index (χ3v) is 2.75. The number of benzene rings is 2. The molecule has 0 atom stereocenters. The maximum Gasteiger partial charge on any atom is 0.138 e. The first-order chi connectivity index (χ1) is 8.73. The van der Waals surface area contributed by atoms with Crippen LogP contribution in [-0.2, 0) is 0 Å². The van der Waals surface area contributed by atoms with Gasteiger partial charge in [-0.05, 0) is 12.1 Å². The molecule has 0 aliphatic heterocycles. The minimum Gasteiger partial charge on any atom is -0.497 e. The van der Waals surface area contributed by atoms with E-state index in [2.05, 4.69) is 6.07 Å². The van der Waals surface area contributed by atoms with Crippen LogP contribution in [0.25, 0.3) is 10.8 Å². The zero-order valence-electron chi connectivity index (χ0n) is 10.9. The summed E-state index contributed by atoms with van der Waals surface area (Å²) in [6.07, 6.45) is 0. The van der Waals surface area contributed by atoms with Gasteiger partial charge in [0, 0.05) is 16.8 Å². The molecule has 0 unspecified atom stereocenters. The predicted molar refractivity (Wildman–Crippen MR) is 69.0 cm³/mol. The Balaban J connectivity index is 2.80. The van der Waals surface area contributed by atoms with Crippen molar-refractivity contribution >= 4 is 10.8 Å². The number of hydrogen-bond acceptors (Lipinski definition) is 4. The van der Waals surface area contributed by atoms with Gasteiger partial charge in [0.25, 0.3) is 0 Å². The van der Waals surface area contributed by atoms with E-state index in [9.17, 15) is 0 Å². The molecule has 0 spiro atoms. The van der Waals surface area contributed by atoms with E-state index in [0.717, 1.165) is 10.8 Å². The number of ether oxygens (including phenoxy) is 4. The molecule has 0 aromatic heterocycles. The molecule has 0 fully saturated rings. The summed E-state index contributed by atoms with van der Waals surface area (Å²) in [5.41, 5.74) is 0. The molecule has 18 heavy (non-hydrogen) atoms. The third kappa shape index (κ3) is 2.01. The second-order valence-corrected chi connectivity index (χ2v) is 3.66. The Bertz CT molecular complexity index is 512. The average molecular weight is 247 g/mol. The highest BCUT2D eigenvalue weighted by molar-refractivity contribution is 5.95. The molecule has 0 saturated heterocycles. The highest BCUT2D eigenvalue weighted by atomic mass is 16.5. The smallest absolute Gasteiger partial charge is 0.138 e. The Morgan fingerprint density at radius 3 is 2.11 bits per heavy atom. The standard InChI is InChI=1S/C14H15O4/c1-15-9-5-11-12(13(7-9)17-3)6-10(16-2)8-14(11)18-4/h5-7H,1-4H3. The lowest BCUT2D eigenvalue weighted by atomic mass is 10.1. The Morgan fingerprint density at radius 2 is 1.56 bits per heavy atom. The molecule has 0 amide bonds. The van der Waals surface area contributed by atoms with Crippen molar-refractivity contribution in [3.8, 4) is 23.0 Å². The summed E-state index contributed by atoms with van der Waals surface area (Å²) < 4.78 is 21.1. The fourth-order valence-corrected chi connectivity index (χ4v) is 1.84. The summed E-state index contributed by atoms with van der Waals surface area (Å²) >= 11 is 0. The van der Waals surface area contributed by atoms with E-state index < -0.39 is 0 Å². The van der Waals surface area contributed by atoms with Crippen molar-refractivity contribution < 1.29 is 18.9 Å². The van der Waals surface area contributed by atoms with Gasteiger partial charge in [-0.25, -0.2) is 0 Å². The number of hydrogen-bond donors (Lipinski definition) is 0. The normalized spacial score (nSPS) is 10.2. The molecule has 0 aliphatic carbocycles. The predicted octanol–water partition coefficient (Wildman–Crippen LogP) is 2.67. The highest BCUT2D eigenvalue weighted by Crippen LogP contribution is 2.38. The van der Waals surface area contributed by atoms with Crippen LogP contribution in [0, 0.1) is 6.07 Å². The summed E-state index contributed by atoms with van der Waals surface area (Å²) in [5, 5.41) is 1.76. The van der Waals surface area contributed by atoms with Crippen LogP contribution in [0.1, 0.15) is 0 Å². The zero-order chi connectivity index (χ0) is 13.1. The van der Waals surface area contributed by atoms with Gasteiger partial charge in [0.2, 0.25) is 0 Å². The van der Waals surface area contributed by atoms with E-state index in [1.54, 1.807) is 28.4 Å². The first-order valence-corrected chi connectivity index (χ1v) is 5.43. The van der Waals surface area contributed by atoms with Crippen molar-refractivity contribution in [1.29, 1.82) is 0 Å². The van der Waals surface area contributed by atoms with Crippen LogP contribution < -0.4 is 18.9 Å². The highest BCUT2D eigenvalue weighted by Gasteiger charge is 2.12. The van der Waals surface area contributed by atoms with Crippen LogP contribution in [0.2, 0.25) is 0 Å². The van der Waals surface area contributed by atoms with E-state index in [0.29, 0.717) is 23.0 Å². The molecular weight excluding hydrogens is 232 g/mol. The molecule has 0 saturated carbocycles. The van der Waals surface area contributed by atoms with Crippen LogP contribution >= 0.6 is 0 Å². The first kappa shape index (κ1) is 12.4. The summed E-state index contributed by atoms with van der Waals surface area (Å²) in [5.74, 6) is 2.61. The van der Waals surface area contributed by atoms with Crippen LogP contribution in [-0.4, -0.2) is 28.4 Å². The minimum absolute atomic E-state index is 0.599. The van der Waals surface area contributed by atoms with Gasteiger partial charge in [0.05, 0.1) is 34.5 Å². The average Bonchev–Trinajstić information content (AvgIpc) is 2.44. The van der Waals surface area contributed by atoms with E-state index in [-0.39, 0.29) is 0 Å². The molecule has 0 aliphatic rings. The van der Waals surface area contributed by atoms with Crippen LogP contribution in [0.15, 0.2) is 18.2 Å². The van der Waals surface area contributed by atoms with Gasteiger partial charge in [-0.3, -0.25) is 0 Å². The van der Waals surface area contributed by atoms with Crippen molar-refractivity contribution in [2.75, 3.05) is 28.4 Å². The molecule has 95 valence electrons. The quantitative estimate of drug-likeness (QED) is 0.832. The Labute approximate surface area is 106 Å². The van der Waals surface area contributed by atoms with E-state index in [1.165, 1.54) is 0 Å². The van der Waals surface area contributed by atoms with Crippen molar-refractivity contribution in [2.24, 2.45) is 0 Å². The molecule has 0 heterocycles. The fraction of sp³-hybridized carbons (Fsp3) is 0.286. The Morgan fingerprint density at radius 1 is 0.778 bits per heavy atom. The van der Waals surface area contributed by atoms with E-state index in [1.807, 2.05) is 18.2 Å². The van der Waals surface area contributed by atoms with Crippen molar-refractivity contribution in [3.05, 3.63) is 24.3 Å². The SMILES string of the molecule is COc1[c]c(OC)c2cc(OC)cc(OC)c2c1. The molecule has 4 heteroatoms. The molecule has 0 N–H and O–H groups in total. The summed E-state index contributed by atoms with van der Waals surface area (Å²) in [4.78, 5) is 0. The van der Waals surface area contributed by atoms with E-state index in [4.69, 9.17) is 18.9 Å². The monoisotopic (exact) mass is 247 g/mol. The zero-order valence-corrected chi connectivity index (χ0v) is 10.9. The Hall–Kier alpha value is -2.10. The molecular formula is C14H15O4.